The van der Waals surface area contributed by atoms with Gasteiger partial charge in [-0.3, -0.25) is 0 Å². The topological polar surface area (TPSA) is 30.5 Å². The lowest BCUT2D eigenvalue weighted by molar-refractivity contribution is -0.0637. The minimum Gasteiger partial charge on any atom is -0.497 e. The van der Waals surface area contributed by atoms with Gasteiger partial charge in [0.25, 0.3) is 0 Å². The summed E-state index contributed by atoms with van der Waals surface area (Å²) in [6.07, 6.45) is 2.06. The van der Waals surface area contributed by atoms with Crippen molar-refractivity contribution in [3.63, 3.8) is 0 Å². The van der Waals surface area contributed by atoms with Crippen LogP contribution in [0.1, 0.15) is 43.9 Å². The van der Waals surface area contributed by atoms with E-state index in [1.54, 1.807) is 7.11 Å². The van der Waals surface area contributed by atoms with Crippen LogP contribution in [-0.4, -0.2) is 25.4 Å². The summed E-state index contributed by atoms with van der Waals surface area (Å²) >= 11 is 0. The number of ether oxygens (including phenoxy) is 2. The molecule has 1 saturated heterocycles. The molecule has 3 nitrogen and oxygen atoms in total. The van der Waals surface area contributed by atoms with Gasteiger partial charge >= 0.3 is 0 Å². The Kier molecular flexibility index (Phi) is 5.22. The lowest BCUT2D eigenvalue weighted by atomic mass is 9.91. The fraction of sp³-hybridized carbons (Fsp3) is 0.429. The van der Waals surface area contributed by atoms with Gasteiger partial charge in [0.1, 0.15) is 5.75 Å². The largest absolute Gasteiger partial charge is 0.497 e. The Balaban J connectivity index is 1.85. The third-order valence-electron chi connectivity index (χ3n) is 4.68. The van der Waals surface area contributed by atoms with E-state index >= 15 is 0 Å². The number of hydrogen-bond donors (Lipinski definition) is 1. The van der Waals surface area contributed by atoms with Gasteiger partial charge in [-0.25, -0.2) is 0 Å². The Labute approximate surface area is 145 Å². The van der Waals surface area contributed by atoms with Crippen molar-refractivity contribution in [2.45, 2.75) is 44.4 Å². The smallest absolute Gasteiger partial charge is 0.118 e. The molecule has 1 N–H and O–H groups in total. The van der Waals surface area contributed by atoms with Gasteiger partial charge in [-0.15, -0.1) is 0 Å². The lowest BCUT2D eigenvalue weighted by Gasteiger charge is -2.38. The summed E-state index contributed by atoms with van der Waals surface area (Å²) in [4.78, 5) is 0. The first-order valence-corrected chi connectivity index (χ1v) is 8.66. The van der Waals surface area contributed by atoms with Gasteiger partial charge in [0, 0.05) is 12.6 Å². The molecule has 1 aliphatic heterocycles. The van der Waals surface area contributed by atoms with Gasteiger partial charge in [-0.1, -0.05) is 42.5 Å². The fourth-order valence-corrected chi connectivity index (χ4v) is 3.44. The molecule has 0 aliphatic carbocycles. The van der Waals surface area contributed by atoms with E-state index in [1.807, 2.05) is 12.1 Å². The van der Waals surface area contributed by atoms with Gasteiger partial charge in [-0.05, 0) is 49.9 Å². The normalized spacial score (nSPS) is 21.2. The first-order valence-electron chi connectivity index (χ1n) is 8.66. The minimum absolute atomic E-state index is 0.0585. The molecule has 2 atom stereocenters. The monoisotopic (exact) mass is 325 g/mol. The quantitative estimate of drug-likeness (QED) is 0.887. The zero-order valence-corrected chi connectivity index (χ0v) is 14.8. The molecule has 24 heavy (non-hydrogen) atoms. The zero-order valence-electron chi connectivity index (χ0n) is 14.8. The van der Waals surface area contributed by atoms with Gasteiger partial charge in [-0.2, -0.15) is 0 Å². The van der Waals surface area contributed by atoms with Crippen molar-refractivity contribution in [1.29, 1.82) is 0 Å². The van der Waals surface area contributed by atoms with Crippen LogP contribution in [0, 0.1) is 0 Å². The van der Waals surface area contributed by atoms with Crippen LogP contribution >= 0.6 is 0 Å². The van der Waals surface area contributed by atoms with Crippen molar-refractivity contribution < 1.29 is 9.47 Å². The Hall–Kier alpha value is -1.84. The molecule has 0 spiro atoms. The second-order valence-electron chi connectivity index (χ2n) is 7.08. The maximum absolute atomic E-state index is 5.86. The van der Waals surface area contributed by atoms with Crippen LogP contribution in [-0.2, 0) is 4.74 Å². The molecular formula is C21H27NO2. The molecule has 1 heterocycles. The molecule has 128 valence electrons. The maximum Gasteiger partial charge on any atom is 0.118 e. The summed E-state index contributed by atoms with van der Waals surface area (Å²) < 4.78 is 11.2. The summed E-state index contributed by atoms with van der Waals surface area (Å²) in [7, 11) is 1.70. The molecule has 0 amide bonds. The third kappa shape index (κ3) is 4.16. The number of nitrogens with one attached hydrogen (secondary N) is 1. The number of benzene rings is 2. The highest BCUT2D eigenvalue weighted by molar-refractivity contribution is 5.35. The van der Waals surface area contributed by atoms with Gasteiger partial charge < -0.3 is 14.8 Å². The Morgan fingerprint density at radius 3 is 2.33 bits per heavy atom. The van der Waals surface area contributed by atoms with E-state index in [4.69, 9.17) is 9.47 Å². The Morgan fingerprint density at radius 1 is 1.04 bits per heavy atom. The predicted molar refractivity (Wildman–Crippen MR) is 97.5 cm³/mol. The summed E-state index contributed by atoms with van der Waals surface area (Å²) in [6.45, 7) is 5.16. The lowest BCUT2D eigenvalue weighted by Crippen LogP contribution is -2.45. The Bertz CT molecular complexity index is 637. The van der Waals surface area contributed by atoms with E-state index in [2.05, 4.69) is 61.6 Å². The molecule has 0 aromatic heterocycles. The molecule has 2 aromatic carbocycles. The van der Waals surface area contributed by atoms with E-state index in [0.29, 0.717) is 6.04 Å². The van der Waals surface area contributed by atoms with E-state index < -0.39 is 0 Å². The molecular weight excluding hydrogens is 298 g/mol. The van der Waals surface area contributed by atoms with Crippen LogP contribution in [0.5, 0.6) is 5.75 Å². The molecule has 1 fully saturated rings. The number of rotatable bonds is 5. The molecule has 3 rings (SSSR count). The first kappa shape index (κ1) is 17.0. The van der Waals surface area contributed by atoms with Crippen molar-refractivity contribution in [1.82, 2.24) is 5.32 Å². The molecule has 0 unspecified atom stereocenters. The van der Waals surface area contributed by atoms with Crippen LogP contribution in [0.2, 0.25) is 0 Å². The second-order valence-corrected chi connectivity index (χ2v) is 7.08. The van der Waals surface area contributed by atoms with Crippen molar-refractivity contribution in [3.8, 4) is 5.75 Å². The van der Waals surface area contributed by atoms with E-state index in [-0.39, 0.29) is 11.6 Å². The SMILES string of the molecule is COc1ccc([C@H](N[C@@H]2CCOC(C)(C)C2)c2ccccc2)cc1. The molecule has 0 bridgehead atoms. The van der Waals surface area contributed by atoms with Crippen molar-refractivity contribution in [2.75, 3.05) is 13.7 Å². The van der Waals surface area contributed by atoms with Gasteiger partial charge in [0.05, 0.1) is 18.8 Å². The number of hydrogen-bond acceptors (Lipinski definition) is 3. The molecule has 0 saturated carbocycles. The molecule has 1 aliphatic rings. The highest BCUT2D eigenvalue weighted by Gasteiger charge is 2.30. The summed E-state index contributed by atoms with van der Waals surface area (Å²) in [5.41, 5.74) is 2.48. The highest BCUT2D eigenvalue weighted by Crippen LogP contribution is 2.29. The Morgan fingerprint density at radius 2 is 1.71 bits per heavy atom. The molecule has 0 radical (unpaired) electrons. The standard InChI is InChI=1S/C21H27NO2/c1-21(2)15-18(13-14-24-21)22-20(16-7-5-4-6-8-16)17-9-11-19(23-3)12-10-17/h4-12,18,20,22H,13-15H2,1-3H3/t18-,20-/m1/s1. The highest BCUT2D eigenvalue weighted by atomic mass is 16.5. The average Bonchev–Trinajstić information content (AvgIpc) is 2.60. The average molecular weight is 325 g/mol. The minimum atomic E-state index is -0.0585. The van der Waals surface area contributed by atoms with Crippen LogP contribution in [0.25, 0.3) is 0 Å². The van der Waals surface area contributed by atoms with Gasteiger partial charge in [0.2, 0.25) is 0 Å². The fourth-order valence-electron chi connectivity index (χ4n) is 3.44. The number of methoxy groups -OCH3 is 1. The van der Waals surface area contributed by atoms with E-state index in [1.165, 1.54) is 11.1 Å². The van der Waals surface area contributed by atoms with Crippen molar-refractivity contribution >= 4 is 0 Å². The van der Waals surface area contributed by atoms with Crippen LogP contribution in [0.15, 0.2) is 54.6 Å². The van der Waals surface area contributed by atoms with Crippen LogP contribution < -0.4 is 10.1 Å². The van der Waals surface area contributed by atoms with Crippen molar-refractivity contribution in [3.05, 3.63) is 65.7 Å². The van der Waals surface area contributed by atoms with E-state index in [0.717, 1.165) is 25.2 Å². The summed E-state index contributed by atoms with van der Waals surface area (Å²) in [5, 5.41) is 3.86. The maximum atomic E-state index is 5.86. The first-order chi connectivity index (χ1) is 11.6. The molecule has 2 aromatic rings. The predicted octanol–water partition coefficient (Wildman–Crippen LogP) is 4.33. The molecule has 3 heteroatoms. The zero-order chi connectivity index (χ0) is 17.0. The van der Waals surface area contributed by atoms with E-state index in [9.17, 15) is 0 Å². The second kappa shape index (κ2) is 7.37. The summed E-state index contributed by atoms with van der Waals surface area (Å²) in [5.74, 6) is 0.887. The van der Waals surface area contributed by atoms with Crippen LogP contribution in [0.3, 0.4) is 0 Å². The van der Waals surface area contributed by atoms with Gasteiger partial charge in [0.15, 0.2) is 0 Å². The van der Waals surface area contributed by atoms with Crippen LogP contribution in [0.4, 0.5) is 0 Å². The third-order valence-corrected chi connectivity index (χ3v) is 4.68. The van der Waals surface area contributed by atoms with Crippen molar-refractivity contribution in [2.24, 2.45) is 0 Å². The summed E-state index contributed by atoms with van der Waals surface area (Å²) in [6, 6.07) is 19.6.